The van der Waals surface area contributed by atoms with Crippen molar-refractivity contribution in [2.45, 2.75) is 39.8 Å². The lowest BCUT2D eigenvalue weighted by Crippen LogP contribution is -2.35. The second kappa shape index (κ2) is 6.76. The molecule has 0 aliphatic heterocycles. The Morgan fingerprint density at radius 1 is 1.28 bits per heavy atom. The Hall–Kier alpha value is -1.06. The van der Waals surface area contributed by atoms with Crippen molar-refractivity contribution < 1.29 is 9.84 Å². The number of aliphatic hydroxyl groups excluding tert-OH is 1. The number of nitrogens with one attached hydrogen (secondary N) is 1. The average Bonchev–Trinajstić information content (AvgIpc) is 2.37. The van der Waals surface area contributed by atoms with Crippen LogP contribution in [-0.4, -0.2) is 24.9 Å². The molecule has 2 N–H and O–H groups in total. The monoisotopic (exact) mass is 251 g/mol. The van der Waals surface area contributed by atoms with Crippen LogP contribution in [0.1, 0.15) is 37.9 Å². The number of aliphatic hydroxyl groups is 1. The summed E-state index contributed by atoms with van der Waals surface area (Å²) in [6.45, 7) is 8.54. The highest BCUT2D eigenvalue weighted by molar-refractivity contribution is 5.38. The van der Waals surface area contributed by atoms with Crippen molar-refractivity contribution in [1.29, 1.82) is 0 Å². The van der Waals surface area contributed by atoms with Gasteiger partial charge in [0, 0.05) is 24.3 Å². The van der Waals surface area contributed by atoms with Crippen LogP contribution in [0.25, 0.3) is 0 Å². The highest BCUT2D eigenvalue weighted by atomic mass is 16.5. The summed E-state index contributed by atoms with van der Waals surface area (Å²) in [6.07, 6.45) is 0. The molecular weight excluding hydrogens is 226 g/mol. The molecule has 3 atom stereocenters. The van der Waals surface area contributed by atoms with E-state index in [-0.39, 0.29) is 24.6 Å². The topological polar surface area (TPSA) is 41.5 Å². The number of benzene rings is 1. The van der Waals surface area contributed by atoms with Crippen molar-refractivity contribution in [1.82, 2.24) is 5.32 Å². The molecule has 0 fully saturated rings. The first-order chi connectivity index (χ1) is 8.49. The summed E-state index contributed by atoms with van der Waals surface area (Å²) < 4.78 is 5.40. The Morgan fingerprint density at radius 3 is 2.50 bits per heavy atom. The van der Waals surface area contributed by atoms with Crippen molar-refractivity contribution in [3.05, 3.63) is 29.3 Å². The normalized spacial score (nSPS) is 16.1. The molecule has 1 rings (SSSR count). The summed E-state index contributed by atoms with van der Waals surface area (Å²) in [7, 11) is 1.70. The van der Waals surface area contributed by atoms with Crippen molar-refractivity contribution >= 4 is 0 Å². The summed E-state index contributed by atoms with van der Waals surface area (Å²) in [5.74, 6) is 1.15. The standard InChI is InChI=1S/C15H25NO2/c1-10-6-7-15(18-5)14(8-10)13(4)16-12(3)11(2)9-17/h6-8,11-13,16-17H,9H2,1-5H3. The molecule has 0 aliphatic rings. The first-order valence-electron chi connectivity index (χ1n) is 6.51. The first kappa shape index (κ1) is 15.0. The van der Waals surface area contributed by atoms with Crippen LogP contribution in [0, 0.1) is 12.8 Å². The minimum atomic E-state index is 0.198. The number of hydrogen-bond donors (Lipinski definition) is 2. The van der Waals surface area contributed by atoms with Gasteiger partial charge in [-0.3, -0.25) is 0 Å². The molecule has 18 heavy (non-hydrogen) atoms. The minimum Gasteiger partial charge on any atom is -0.496 e. The van der Waals surface area contributed by atoms with Gasteiger partial charge in [0.25, 0.3) is 0 Å². The van der Waals surface area contributed by atoms with E-state index < -0.39 is 0 Å². The summed E-state index contributed by atoms with van der Waals surface area (Å²) in [5.41, 5.74) is 2.39. The number of methoxy groups -OCH3 is 1. The van der Waals surface area contributed by atoms with Gasteiger partial charge in [0.1, 0.15) is 5.75 Å². The van der Waals surface area contributed by atoms with Crippen molar-refractivity contribution in [2.75, 3.05) is 13.7 Å². The molecule has 0 bridgehead atoms. The van der Waals surface area contributed by atoms with Crippen molar-refractivity contribution in [2.24, 2.45) is 5.92 Å². The van der Waals surface area contributed by atoms with E-state index in [0.29, 0.717) is 0 Å². The van der Waals surface area contributed by atoms with Crippen LogP contribution in [0.4, 0.5) is 0 Å². The molecule has 1 aromatic carbocycles. The average molecular weight is 251 g/mol. The third-order valence-corrected chi connectivity index (χ3v) is 3.51. The van der Waals surface area contributed by atoms with Crippen LogP contribution < -0.4 is 10.1 Å². The fraction of sp³-hybridized carbons (Fsp3) is 0.600. The fourth-order valence-electron chi connectivity index (χ4n) is 2.00. The maximum absolute atomic E-state index is 9.17. The summed E-state index contributed by atoms with van der Waals surface area (Å²) in [4.78, 5) is 0. The van der Waals surface area contributed by atoms with E-state index in [9.17, 15) is 0 Å². The van der Waals surface area contributed by atoms with Gasteiger partial charge in [-0.25, -0.2) is 0 Å². The third-order valence-electron chi connectivity index (χ3n) is 3.51. The molecule has 0 radical (unpaired) electrons. The Balaban J connectivity index is 2.83. The van der Waals surface area contributed by atoms with E-state index in [2.05, 4.69) is 38.2 Å². The van der Waals surface area contributed by atoms with E-state index in [4.69, 9.17) is 9.84 Å². The van der Waals surface area contributed by atoms with Crippen molar-refractivity contribution in [3.8, 4) is 5.75 Å². The largest absolute Gasteiger partial charge is 0.496 e. The first-order valence-corrected chi connectivity index (χ1v) is 6.51. The summed E-state index contributed by atoms with van der Waals surface area (Å²) in [5, 5.41) is 12.7. The lowest BCUT2D eigenvalue weighted by molar-refractivity contribution is 0.202. The molecule has 0 aliphatic carbocycles. The molecular formula is C15H25NO2. The number of rotatable bonds is 6. The Morgan fingerprint density at radius 2 is 1.94 bits per heavy atom. The zero-order valence-corrected chi connectivity index (χ0v) is 12.0. The van der Waals surface area contributed by atoms with Gasteiger partial charge in [-0.15, -0.1) is 0 Å². The Kier molecular flexibility index (Phi) is 5.63. The number of aryl methyl sites for hydroxylation is 1. The van der Waals surface area contributed by atoms with Gasteiger partial charge in [0.2, 0.25) is 0 Å². The molecule has 3 heteroatoms. The molecule has 102 valence electrons. The summed E-state index contributed by atoms with van der Waals surface area (Å²) >= 11 is 0. The lowest BCUT2D eigenvalue weighted by Gasteiger charge is -2.25. The van der Waals surface area contributed by atoms with Crippen LogP contribution in [0.2, 0.25) is 0 Å². The lowest BCUT2D eigenvalue weighted by atomic mass is 10.00. The molecule has 0 saturated carbocycles. The molecule has 1 aromatic rings. The van der Waals surface area contributed by atoms with Crippen LogP contribution in [0.15, 0.2) is 18.2 Å². The molecule has 0 saturated heterocycles. The molecule has 0 amide bonds. The smallest absolute Gasteiger partial charge is 0.123 e. The quantitative estimate of drug-likeness (QED) is 0.816. The van der Waals surface area contributed by atoms with Crippen molar-refractivity contribution in [3.63, 3.8) is 0 Å². The predicted molar refractivity (Wildman–Crippen MR) is 75.0 cm³/mol. The van der Waals surface area contributed by atoms with Gasteiger partial charge in [-0.1, -0.05) is 24.6 Å². The zero-order chi connectivity index (χ0) is 13.7. The second-order valence-corrected chi connectivity index (χ2v) is 5.08. The third kappa shape index (κ3) is 3.72. The van der Waals surface area contributed by atoms with Crippen LogP contribution in [0.5, 0.6) is 5.75 Å². The maximum atomic E-state index is 9.17. The SMILES string of the molecule is COc1ccc(C)cc1C(C)NC(C)C(C)CO. The minimum absolute atomic E-state index is 0.198. The van der Waals surface area contributed by atoms with Crippen LogP contribution >= 0.6 is 0 Å². The number of hydrogen-bond acceptors (Lipinski definition) is 3. The van der Waals surface area contributed by atoms with E-state index in [1.807, 2.05) is 13.0 Å². The van der Waals surface area contributed by atoms with Crippen LogP contribution in [0.3, 0.4) is 0 Å². The van der Waals surface area contributed by atoms with E-state index >= 15 is 0 Å². The van der Waals surface area contributed by atoms with Gasteiger partial charge < -0.3 is 15.2 Å². The summed E-state index contributed by atoms with van der Waals surface area (Å²) in [6, 6.07) is 6.66. The highest BCUT2D eigenvalue weighted by Crippen LogP contribution is 2.26. The van der Waals surface area contributed by atoms with E-state index in [1.165, 1.54) is 5.56 Å². The van der Waals surface area contributed by atoms with Gasteiger partial charge in [0.15, 0.2) is 0 Å². The zero-order valence-electron chi connectivity index (χ0n) is 12.0. The van der Waals surface area contributed by atoms with Crippen LogP contribution in [-0.2, 0) is 0 Å². The maximum Gasteiger partial charge on any atom is 0.123 e. The van der Waals surface area contributed by atoms with E-state index in [0.717, 1.165) is 11.3 Å². The molecule has 3 nitrogen and oxygen atoms in total. The highest BCUT2D eigenvalue weighted by Gasteiger charge is 2.17. The molecule has 0 heterocycles. The molecule has 0 aromatic heterocycles. The van der Waals surface area contributed by atoms with E-state index in [1.54, 1.807) is 7.11 Å². The predicted octanol–water partition coefficient (Wildman–Crippen LogP) is 2.67. The Labute approximate surface area is 110 Å². The second-order valence-electron chi connectivity index (χ2n) is 5.08. The van der Waals surface area contributed by atoms with Gasteiger partial charge >= 0.3 is 0 Å². The molecule has 0 spiro atoms. The Bertz CT molecular complexity index is 379. The van der Waals surface area contributed by atoms with Gasteiger partial charge in [-0.2, -0.15) is 0 Å². The van der Waals surface area contributed by atoms with Gasteiger partial charge in [-0.05, 0) is 32.8 Å². The van der Waals surface area contributed by atoms with Gasteiger partial charge in [0.05, 0.1) is 7.11 Å². The number of ether oxygens (including phenoxy) is 1. The fourth-order valence-corrected chi connectivity index (χ4v) is 2.00. The molecule has 3 unspecified atom stereocenters.